The fourth-order valence-electron chi connectivity index (χ4n) is 1.36. The summed E-state index contributed by atoms with van der Waals surface area (Å²) in [5.74, 6) is -1.19. The minimum atomic E-state index is -1.19. The standard InChI is InChI=1S/C13H15ClN2O3/c1-8(2)6-7-15-13(19)16-10-5-3-4-9(14)11(10)12(17)18/h3-6H,7H2,1-2H3,(H,17,18)(H2,15,16,19). The number of carboxylic acid groups (broad SMARTS) is 1. The highest BCUT2D eigenvalue weighted by Gasteiger charge is 2.15. The van der Waals surface area contributed by atoms with Crippen molar-refractivity contribution in [2.24, 2.45) is 0 Å². The number of rotatable bonds is 4. The molecule has 19 heavy (non-hydrogen) atoms. The smallest absolute Gasteiger partial charge is 0.339 e. The molecule has 0 fully saturated rings. The lowest BCUT2D eigenvalue weighted by molar-refractivity contribution is 0.0698. The van der Waals surface area contributed by atoms with E-state index in [-0.39, 0.29) is 16.3 Å². The zero-order valence-corrected chi connectivity index (χ0v) is 11.4. The van der Waals surface area contributed by atoms with Crippen LogP contribution in [0.4, 0.5) is 10.5 Å². The van der Waals surface area contributed by atoms with Crippen LogP contribution < -0.4 is 10.6 Å². The Kier molecular flexibility index (Phi) is 5.38. The number of urea groups is 1. The molecule has 1 aromatic carbocycles. The van der Waals surface area contributed by atoms with E-state index >= 15 is 0 Å². The molecule has 6 heteroatoms. The van der Waals surface area contributed by atoms with Crippen LogP contribution in [-0.4, -0.2) is 23.7 Å². The summed E-state index contributed by atoms with van der Waals surface area (Å²) < 4.78 is 0. The molecule has 0 unspecified atom stereocenters. The molecule has 0 bridgehead atoms. The highest BCUT2D eigenvalue weighted by atomic mass is 35.5. The maximum Gasteiger partial charge on any atom is 0.339 e. The van der Waals surface area contributed by atoms with Gasteiger partial charge in [-0.05, 0) is 26.0 Å². The topological polar surface area (TPSA) is 78.4 Å². The monoisotopic (exact) mass is 282 g/mol. The molecule has 1 rings (SSSR count). The maximum absolute atomic E-state index is 11.6. The predicted octanol–water partition coefficient (Wildman–Crippen LogP) is 3.13. The van der Waals surface area contributed by atoms with Crippen LogP contribution in [0.1, 0.15) is 24.2 Å². The molecule has 2 amide bonds. The Morgan fingerprint density at radius 3 is 2.63 bits per heavy atom. The zero-order chi connectivity index (χ0) is 14.4. The Morgan fingerprint density at radius 2 is 2.05 bits per heavy atom. The van der Waals surface area contributed by atoms with Crippen molar-refractivity contribution >= 4 is 29.3 Å². The third-order valence-corrected chi connectivity index (χ3v) is 2.56. The molecule has 0 saturated carbocycles. The van der Waals surface area contributed by atoms with E-state index in [0.29, 0.717) is 6.54 Å². The summed E-state index contributed by atoms with van der Waals surface area (Å²) in [6.07, 6.45) is 1.84. The number of nitrogens with one attached hydrogen (secondary N) is 2. The summed E-state index contributed by atoms with van der Waals surface area (Å²) in [5, 5.41) is 14.2. The van der Waals surface area contributed by atoms with Gasteiger partial charge in [0.15, 0.2) is 0 Å². The van der Waals surface area contributed by atoms with Crippen molar-refractivity contribution in [2.75, 3.05) is 11.9 Å². The van der Waals surface area contributed by atoms with Crippen molar-refractivity contribution in [1.29, 1.82) is 0 Å². The third-order valence-electron chi connectivity index (χ3n) is 2.25. The number of halogens is 1. The van der Waals surface area contributed by atoms with Gasteiger partial charge in [0.25, 0.3) is 0 Å². The van der Waals surface area contributed by atoms with Gasteiger partial charge >= 0.3 is 12.0 Å². The van der Waals surface area contributed by atoms with Crippen LogP contribution in [0.25, 0.3) is 0 Å². The highest BCUT2D eigenvalue weighted by molar-refractivity contribution is 6.34. The number of hydrogen-bond donors (Lipinski definition) is 3. The van der Waals surface area contributed by atoms with E-state index < -0.39 is 12.0 Å². The van der Waals surface area contributed by atoms with Crippen LogP contribution in [0, 0.1) is 0 Å². The maximum atomic E-state index is 11.6. The number of anilines is 1. The molecule has 5 nitrogen and oxygen atoms in total. The Labute approximate surface area is 116 Å². The SMILES string of the molecule is CC(C)=CCNC(=O)Nc1cccc(Cl)c1C(=O)O. The molecule has 0 aromatic heterocycles. The van der Waals surface area contributed by atoms with Crippen LogP contribution in [0.2, 0.25) is 5.02 Å². The molecule has 3 N–H and O–H groups in total. The number of carbonyl (C=O) groups is 2. The number of carboxylic acids is 1. The summed E-state index contributed by atoms with van der Waals surface area (Å²) in [6, 6.07) is 4.02. The molecular weight excluding hydrogens is 268 g/mol. The first-order chi connectivity index (χ1) is 8.91. The third kappa shape index (κ3) is 4.63. The number of carbonyl (C=O) groups excluding carboxylic acids is 1. The summed E-state index contributed by atoms with van der Waals surface area (Å²) in [4.78, 5) is 22.7. The van der Waals surface area contributed by atoms with Gasteiger partial charge in [-0.3, -0.25) is 0 Å². The first-order valence-electron chi connectivity index (χ1n) is 5.62. The lowest BCUT2D eigenvalue weighted by Gasteiger charge is -2.10. The number of hydrogen-bond acceptors (Lipinski definition) is 2. The summed E-state index contributed by atoms with van der Waals surface area (Å²) >= 11 is 5.79. The van der Waals surface area contributed by atoms with Gasteiger partial charge in [0.05, 0.1) is 10.7 Å². The second-order valence-electron chi connectivity index (χ2n) is 4.08. The van der Waals surface area contributed by atoms with Crippen molar-refractivity contribution in [3.63, 3.8) is 0 Å². The fraction of sp³-hybridized carbons (Fsp3) is 0.231. The Morgan fingerprint density at radius 1 is 1.37 bits per heavy atom. The lowest BCUT2D eigenvalue weighted by Crippen LogP contribution is -2.29. The van der Waals surface area contributed by atoms with Crippen LogP contribution in [-0.2, 0) is 0 Å². The van der Waals surface area contributed by atoms with Crippen molar-refractivity contribution in [3.8, 4) is 0 Å². The minimum Gasteiger partial charge on any atom is -0.478 e. The van der Waals surface area contributed by atoms with Gasteiger partial charge in [-0.25, -0.2) is 9.59 Å². The van der Waals surface area contributed by atoms with Gasteiger partial charge < -0.3 is 15.7 Å². The van der Waals surface area contributed by atoms with Gasteiger partial charge in [0, 0.05) is 6.54 Å². The molecule has 1 aromatic rings. The van der Waals surface area contributed by atoms with E-state index in [1.807, 2.05) is 19.9 Å². The van der Waals surface area contributed by atoms with Crippen LogP contribution >= 0.6 is 11.6 Å². The molecule has 0 aliphatic heterocycles. The molecule has 0 spiro atoms. The molecule has 0 aliphatic carbocycles. The number of amides is 2. The van der Waals surface area contributed by atoms with E-state index in [2.05, 4.69) is 10.6 Å². The fourth-order valence-corrected chi connectivity index (χ4v) is 1.62. The van der Waals surface area contributed by atoms with E-state index in [1.165, 1.54) is 12.1 Å². The normalized spacial score (nSPS) is 9.63. The number of aromatic carboxylic acids is 1. The molecule has 0 aliphatic rings. The van der Waals surface area contributed by atoms with E-state index in [4.69, 9.17) is 16.7 Å². The Bertz CT molecular complexity index is 523. The molecule has 0 saturated heterocycles. The van der Waals surface area contributed by atoms with Crippen LogP contribution in [0.5, 0.6) is 0 Å². The lowest BCUT2D eigenvalue weighted by atomic mass is 10.2. The van der Waals surface area contributed by atoms with E-state index in [9.17, 15) is 9.59 Å². The van der Waals surface area contributed by atoms with Crippen LogP contribution in [0.15, 0.2) is 29.8 Å². The van der Waals surface area contributed by atoms with E-state index in [1.54, 1.807) is 6.07 Å². The second kappa shape index (κ2) is 6.80. The van der Waals surface area contributed by atoms with Gasteiger partial charge in [-0.1, -0.05) is 29.3 Å². The van der Waals surface area contributed by atoms with Gasteiger partial charge in [-0.2, -0.15) is 0 Å². The predicted molar refractivity (Wildman–Crippen MR) is 74.9 cm³/mol. The number of benzene rings is 1. The summed E-state index contributed by atoms with van der Waals surface area (Å²) in [6.45, 7) is 4.20. The van der Waals surface area contributed by atoms with Crippen molar-refractivity contribution in [2.45, 2.75) is 13.8 Å². The average Bonchev–Trinajstić information content (AvgIpc) is 2.27. The van der Waals surface area contributed by atoms with Gasteiger partial charge in [-0.15, -0.1) is 0 Å². The summed E-state index contributed by atoms with van der Waals surface area (Å²) in [7, 11) is 0. The first-order valence-corrected chi connectivity index (χ1v) is 5.99. The molecule has 102 valence electrons. The van der Waals surface area contributed by atoms with Crippen molar-refractivity contribution in [1.82, 2.24) is 5.32 Å². The summed E-state index contributed by atoms with van der Waals surface area (Å²) in [5.41, 5.74) is 1.12. The number of allylic oxidation sites excluding steroid dienone is 1. The van der Waals surface area contributed by atoms with E-state index in [0.717, 1.165) is 5.57 Å². The molecule has 0 radical (unpaired) electrons. The van der Waals surface area contributed by atoms with Crippen LogP contribution in [0.3, 0.4) is 0 Å². The highest BCUT2D eigenvalue weighted by Crippen LogP contribution is 2.24. The van der Waals surface area contributed by atoms with Crippen molar-refractivity contribution in [3.05, 3.63) is 40.4 Å². The quantitative estimate of drug-likeness (QED) is 0.742. The largest absolute Gasteiger partial charge is 0.478 e. The van der Waals surface area contributed by atoms with Gasteiger partial charge in [0.1, 0.15) is 5.56 Å². The Balaban J connectivity index is 2.77. The minimum absolute atomic E-state index is 0.0783. The average molecular weight is 283 g/mol. The first kappa shape index (κ1) is 15.0. The second-order valence-corrected chi connectivity index (χ2v) is 4.49. The zero-order valence-electron chi connectivity index (χ0n) is 10.7. The molecule has 0 heterocycles. The molecule has 0 atom stereocenters. The van der Waals surface area contributed by atoms with Crippen molar-refractivity contribution < 1.29 is 14.7 Å². The van der Waals surface area contributed by atoms with Gasteiger partial charge in [0.2, 0.25) is 0 Å². The Hall–Kier alpha value is -2.01. The molecular formula is C13H15ClN2O3.